The van der Waals surface area contributed by atoms with E-state index in [4.69, 9.17) is 14.2 Å². The van der Waals surface area contributed by atoms with Gasteiger partial charge in [0.25, 0.3) is 0 Å². The number of benzene rings is 2. The van der Waals surface area contributed by atoms with Crippen LogP contribution in [0.4, 0.5) is 0 Å². The molecular weight excluding hydrogens is 344 g/mol. The Morgan fingerprint density at radius 1 is 0.815 bits per heavy atom. The van der Waals surface area contributed by atoms with Gasteiger partial charge in [0.05, 0.1) is 27.4 Å². The molecule has 2 rings (SSSR count). The number of unbranched alkanes of at least 4 members (excludes halogenated alkanes) is 1. The van der Waals surface area contributed by atoms with Gasteiger partial charge in [-0.1, -0.05) is 12.5 Å². The number of hydrogen-bond acceptors (Lipinski definition) is 5. The Morgan fingerprint density at radius 2 is 1.56 bits per heavy atom. The van der Waals surface area contributed by atoms with Gasteiger partial charge in [0.15, 0.2) is 11.5 Å². The van der Waals surface area contributed by atoms with E-state index < -0.39 is 0 Å². The average molecular weight is 374 g/mol. The first-order chi connectivity index (χ1) is 13.1. The van der Waals surface area contributed by atoms with Gasteiger partial charge in [-0.25, -0.2) is 0 Å². The standard InChI is InChI=1S/C22H30O5/c1-25-19-11-13-21(26-2)17(15-19)6-4-5-7-18(23)10-8-16-9-12-22(27-3)20(24)14-16/h9,11-15,18,23-24H,4-8,10H2,1-3H3. The summed E-state index contributed by atoms with van der Waals surface area (Å²) in [5.74, 6) is 2.30. The van der Waals surface area contributed by atoms with Gasteiger partial charge in [-0.3, -0.25) is 0 Å². The lowest BCUT2D eigenvalue weighted by Crippen LogP contribution is -2.08. The van der Waals surface area contributed by atoms with Gasteiger partial charge in [0.1, 0.15) is 11.5 Å². The second-order valence-corrected chi connectivity index (χ2v) is 6.62. The van der Waals surface area contributed by atoms with Crippen molar-refractivity contribution in [3.8, 4) is 23.0 Å². The minimum absolute atomic E-state index is 0.136. The van der Waals surface area contributed by atoms with Crippen LogP contribution in [0.25, 0.3) is 0 Å². The lowest BCUT2D eigenvalue weighted by Gasteiger charge is -2.13. The molecule has 27 heavy (non-hydrogen) atoms. The highest BCUT2D eigenvalue weighted by Gasteiger charge is 2.09. The fourth-order valence-electron chi connectivity index (χ4n) is 3.14. The number of aromatic hydroxyl groups is 1. The third-order valence-corrected chi connectivity index (χ3v) is 4.73. The Hall–Kier alpha value is -2.40. The second kappa shape index (κ2) is 10.7. The zero-order chi connectivity index (χ0) is 19.6. The van der Waals surface area contributed by atoms with Gasteiger partial charge in [0.2, 0.25) is 0 Å². The molecule has 0 radical (unpaired) electrons. The minimum atomic E-state index is -0.346. The lowest BCUT2D eigenvalue weighted by atomic mass is 10.0. The maximum atomic E-state index is 10.2. The Kier molecular flexibility index (Phi) is 8.27. The van der Waals surface area contributed by atoms with E-state index >= 15 is 0 Å². The summed E-state index contributed by atoms with van der Waals surface area (Å²) in [6.07, 6.45) is 4.62. The number of methoxy groups -OCH3 is 3. The maximum Gasteiger partial charge on any atom is 0.160 e. The summed E-state index contributed by atoms with van der Waals surface area (Å²) in [4.78, 5) is 0. The average Bonchev–Trinajstić information content (AvgIpc) is 2.69. The molecule has 0 aromatic heterocycles. The van der Waals surface area contributed by atoms with Crippen LogP contribution < -0.4 is 14.2 Å². The number of hydrogen-bond donors (Lipinski definition) is 2. The summed E-state index contributed by atoms with van der Waals surface area (Å²) < 4.78 is 15.7. The number of aliphatic hydroxyl groups excluding tert-OH is 1. The van der Waals surface area contributed by atoms with Gasteiger partial charge < -0.3 is 24.4 Å². The van der Waals surface area contributed by atoms with Gasteiger partial charge in [0, 0.05) is 0 Å². The second-order valence-electron chi connectivity index (χ2n) is 6.62. The van der Waals surface area contributed by atoms with Crippen LogP contribution in [0.1, 0.15) is 36.8 Å². The van der Waals surface area contributed by atoms with Crippen LogP contribution in [0.2, 0.25) is 0 Å². The fourth-order valence-corrected chi connectivity index (χ4v) is 3.14. The van der Waals surface area contributed by atoms with E-state index in [1.165, 1.54) is 7.11 Å². The molecule has 0 aliphatic heterocycles. The van der Waals surface area contributed by atoms with Crippen LogP contribution in [0.15, 0.2) is 36.4 Å². The Bertz CT molecular complexity index is 714. The largest absolute Gasteiger partial charge is 0.504 e. The summed E-state index contributed by atoms with van der Waals surface area (Å²) in [6.45, 7) is 0. The zero-order valence-corrected chi connectivity index (χ0v) is 16.4. The summed E-state index contributed by atoms with van der Waals surface area (Å²) in [6, 6.07) is 11.2. The quantitative estimate of drug-likeness (QED) is 0.579. The Balaban J connectivity index is 1.73. The van der Waals surface area contributed by atoms with Gasteiger partial charge >= 0.3 is 0 Å². The topological polar surface area (TPSA) is 68.2 Å². The molecule has 0 saturated heterocycles. The summed E-state index contributed by atoms with van der Waals surface area (Å²) in [7, 11) is 4.86. The van der Waals surface area contributed by atoms with Crippen molar-refractivity contribution in [2.45, 2.75) is 44.6 Å². The van der Waals surface area contributed by atoms with Crippen molar-refractivity contribution < 1.29 is 24.4 Å². The van der Waals surface area contributed by atoms with Gasteiger partial charge in [-0.15, -0.1) is 0 Å². The van der Waals surface area contributed by atoms with Crippen LogP contribution in [-0.4, -0.2) is 37.6 Å². The molecule has 0 bridgehead atoms. The van der Waals surface area contributed by atoms with E-state index in [-0.39, 0.29) is 11.9 Å². The molecule has 5 nitrogen and oxygen atoms in total. The van der Waals surface area contributed by atoms with Crippen molar-refractivity contribution in [1.29, 1.82) is 0 Å². The molecule has 2 aromatic carbocycles. The van der Waals surface area contributed by atoms with Crippen LogP contribution in [0.3, 0.4) is 0 Å². The number of aliphatic hydroxyl groups is 1. The third kappa shape index (κ3) is 6.36. The normalized spacial score (nSPS) is 11.9. The number of phenolic OH excluding ortho intramolecular Hbond substituents is 1. The van der Waals surface area contributed by atoms with Crippen molar-refractivity contribution in [2.24, 2.45) is 0 Å². The summed E-state index contributed by atoms with van der Waals surface area (Å²) in [5.41, 5.74) is 2.12. The van der Waals surface area contributed by atoms with Crippen LogP contribution >= 0.6 is 0 Å². The molecule has 1 atom stereocenters. The van der Waals surface area contributed by atoms with Crippen LogP contribution in [-0.2, 0) is 12.8 Å². The van der Waals surface area contributed by atoms with Gasteiger partial charge in [-0.05, 0) is 73.6 Å². The molecule has 1 unspecified atom stereocenters. The SMILES string of the molecule is COc1ccc(OC)c(CCCCC(O)CCc2ccc(OC)c(O)c2)c1. The van der Waals surface area contributed by atoms with E-state index in [0.717, 1.165) is 54.7 Å². The molecule has 0 spiro atoms. The van der Waals surface area contributed by atoms with Crippen molar-refractivity contribution in [3.05, 3.63) is 47.5 Å². The van der Waals surface area contributed by atoms with E-state index in [1.54, 1.807) is 26.4 Å². The van der Waals surface area contributed by atoms with E-state index in [0.29, 0.717) is 12.2 Å². The number of ether oxygens (including phenoxy) is 3. The smallest absolute Gasteiger partial charge is 0.160 e. The van der Waals surface area contributed by atoms with Crippen LogP contribution in [0, 0.1) is 0 Å². The molecule has 2 N–H and O–H groups in total. The highest BCUT2D eigenvalue weighted by molar-refractivity contribution is 5.42. The maximum absolute atomic E-state index is 10.2. The first-order valence-electron chi connectivity index (χ1n) is 9.32. The highest BCUT2D eigenvalue weighted by atomic mass is 16.5. The molecule has 0 heterocycles. The predicted octanol–water partition coefficient (Wildman–Crippen LogP) is 4.12. The van der Waals surface area contributed by atoms with E-state index in [2.05, 4.69) is 0 Å². The molecule has 0 saturated carbocycles. The van der Waals surface area contributed by atoms with Crippen molar-refractivity contribution in [3.63, 3.8) is 0 Å². The van der Waals surface area contributed by atoms with Crippen molar-refractivity contribution >= 4 is 0 Å². The van der Waals surface area contributed by atoms with E-state index in [9.17, 15) is 10.2 Å². The minimum Gasteiger partial charge on any atom is -0.504 e. The zero-order valence-electron chi connectivity index (χ0n) is 16.4. The van der Waals surface area contributed by atoms with Crippen molar-refractivity contribution in [2.75, 3.05) is 21.3 Å². The number of rotatable bonds is 11. The monoisotopic (exact) mass is 374 g/mol. The van der Waals surface area contributed by atoms with Crippen molar-refractivity contribution in [1.82, 2.24) is 0 Å². The van der Waals surface area contributed by atoms with Crippen LogP contribution in [0.5, 0.6) is 23.0 Å². The lowest BCUT2D eigenvalue weighted by molar-refractivity contribution is 0.151. The summed E-state index contributed by atoms with van der Waals surface area (Å²) >= 11 is 0. The van der Waals surface area contributed by atoms with E-state index in [1.807, 2.05) is 24.3 Å². The number of phenols is 1. The Labute approximate surface area is 161 Å². The Morgan fingerprint density at radius 3 is 2.22 bits per heavy atom. The molecule has 0 aliphatic rings. The molecule has 148 valence electrons. The molecule has 0 aliphatic carbocycles. The first kappa shape index (κ1) is 20.9. The molecule has 2 aromatic rings. The molecule has 5 heteroatoms. The summed E-state index contributed by atoms with van der Waals surface area (Å²) in [5, 5.41) is 20.0. The number of aryl methyl sites for hydroxylation is 2. The third-order valence-electron chi connectivity index (χ3n) is 4.73. The molecule has 0 fully saturated rings. The molecule has 0 amide bonds. The first-order valence-corrected chi connectivity index (χ1v) is 9.32. The fraction of sp³-hybridized carbons (Fsp3) is 0.455. The predicted molar refractivity (Wildman–Crippen MR) is 106 cm³/mol. The van der Waals surface area contributed by atoms with Gasteiger partial charge in [-0.2, -0.15) is 0 Å². The molecular formula is C22H30O5. The highest BCUT2D eigenvalue weighted by Crippen LogP contribution is 2.27.